The highest BCUT2D eigenvalue weighted by molar-refractivity contribution is 6.01. The van der Waals surface area contributed by atoms with Crippen LogP contribution in [0.15, 0.2) is 41.7 Å². The topological polar surface area (TPSA) is 78.4 Å². The molecule has 0 aliphatic carbocycles. The number of likely N-dealkylation sites (N-methyl/N-ethyl adjacent to an activating group) is 1. The number of aromatic amines is 1. The molecule has 0 spiro atoms. The van der Waals surface area contributed by atoms with Gasteiger partial charge in [0.25, 0.3) is 11.5 Å². The monoisotopic (exact) mass is 340 g/mol. The van der Waals surface area contributed by atoms with Crippen molar-refractivity contribution in [2.24, 2.45) is 7.05 Å². The van der Waals surface area contributed by atoms with Gasteiger partial charge >= 0.3 is 0 Å². The molecule has 3 rings (SSSR count). The van der Waals surface area contributed by atoms with E-state index < -0.39 is 0 Å². The van der Waals surface area contributed by atoms with Gasteiger partial charge < -0.3 is 9.80 Å². The third-order valence-electron chi connectivity index (χ3n) is 4.56. The first-order valence-corrected chi connectivity index (χ1v) is 7.98. The number of hydrogen-bond donors (Lipinski definition) is 1. The van der Waals surface area contributed by atoms with Crippen LogP contribution in [0.3, 0.4) is 0 Å². The third-order valence-corrected chi connectivity index (χ3v) is 4.56. The maximum atomic E-state index is 12.7. The second-order valence-electron chi connectivity index (χ2n) is 6.05. The number of aryl methyl sites for hydroxylation is 1. The predicted molar refractivity (Wildman–Crippen MR) is 94.5 cm³/mol. The van der Waals surface area contributed by atoms with Crippen molar-refractivity contribution in [1.82, 2.24) is 14.7 Å². The summed E-state index contributed by atoms with van der Waals surface area (Å²) in [5.41, 5.74) is 2.76. The molecule has 7 nitrogen and oxygen atoms in total. The van der Waals surface area contributed by atoms with Gasteiger partial charge in [0.1, 0.15) is 0 Å². The SMILES string of the molecule is C=CC(=O)N(C)c1ccc(C(=O)N2CCc3c(n(C)[nH]c3=O)C2)cc1. The van der Waals surface area contributed by atoms with E-state index in [1.54, 1.807) is 47.9 Å². The Morgan fingerprint density at radius 2 is 1.96 bits per heavy atom. The average molecular weight is 340 g/mol. The van der Waals surface area contributed by atoms with Crippen molar-refractivity contribution in [2.75, 3.05) is 18.5 Å². The molecule has 130 valence electrons. The molecule has 2 amide bonds. The summed E-state index contributed by atoms with van der Waals surface area (Å²) in [5.74, 6) is -0.306. The minimum absolute atomic E-state index is 0.0797. The van der Waals surface area contributed by atoms with Gasteiger partial charge in [0.15, 0.2) is 0 Å². The van der Waals surface area contributed by atoms with E-state index in [0.717, 1.165) is 11.3 Å². The summed E-state index contributed by atoms with van der Waals surface area (Å²) >= 11 is 0. The van der Waals surface area contributed by atoms with Crippen LogP contribution in [-0.4, -0.2) is 40.1 Å². The summed E-state index contributed by atoms with van der Waals surface area (Å²) in [6.07, 6.45) is 1.79. The second kappa shape index (κ2) is 6.43. The number of nitrogens with zero attached hydrogens (tertiary/aromatic N) is 3. The summed E-state index contributed by atoms with van der Waals surface area (Å²) in [4.78, 5) is 39.3. The molecular weight excluding hydrogens is 320 g/mol. The number of aromatic nitrogens is 2. The lowest BCUT2D eigenvalue weighted by molar-refractivity contribution is -0.113. The average Bonchev–Trinajstić information content (AvgIpc) is 2.93. The normalized spacial score (nSPS) is 13.3. The number of hydrogen-bond acceptors (Lipinski definition) is 3. The molecule has 1 aromatic heterocycles. The smallest absolute Gasteiger partial charge is 0.267 e. The zero-order chi connectivity index (χ0) is 18.1. The van der Waals surface area contributed by atoms with E-state index in [0.29, 0.717) is 30.8 Å². The third kappa shape index (κ3) is 3.00. The lowest BCUT2D eigenvalue weighted by atomic mass is 10.1. The summed E-state index contributed by atoms with van der Waals surface area (Å²) in [6.45, 7) is 4.37. The van der Waals surface area contributed by atoms with Crippen LogP contribution < -0.4 is 10.5 Å². The molecule has 1 aromatic carbocycles. The first-order valence-electron chi connectivity index (χ1n) is 7.98. The Balaban J connectivity index is 1.78. The summed E-state index contributed by atoms with van der Waals surface area (Å²) in [5, 5.41) is 2.73. The van der Waals surface area contributed by atoms with Crippen molar-refractivity contribution < 1.29 is 9.59 Å². The largest absolute Gasteiger partial charge is 0.332 e. The van der Waals surface area contributed by atoms with Crippen molar-refractivity contribution in [3.8, 4) is 0 Å². The minimum atomic E-state index is -0.212. The predicted octanol–water partition coefficient (Wildman–Crippen LogP) is 1.06. The van der Waals surface area contributed by atoms with Crippen LogP contribution in [0, 0.1) is 0 Å². The Bertz CT molecular complexity index is 892. The van der Waals surface area contributed by atoms with E-state index >= 15 is 0 Å². The quantitative estimate of drug-likeness (QED) is 0.849. The maximum absolute atomic E-state index is 12.7. The number of rotatable bonds is 3. The molecule has 1 aliphatic heterocycles. The molecule has 0 saturated carbocycles. The van der Waals surface area contributed by atoms with Gasteiger partial charge in [-0.05, 0) is 36.8 Å². The zero-order valence-corrected chi connectivity index (χ0v) is 14.3. The molecule has 0 fully saturated rings. The van der Waals surface area contributed by atoms with Gasteiger partial charge in [-0.1, -0.05) is 6.58 Å². The molecule has 0 radical (unpaired) electrons. The molecule has 0 atom stereocenters. The summed E-state index contributed by atoms with van der Waals surface area (Å²) in [6, 6.07) is 6.87. The van der Waals surface area contributed by atoms with Crippen molar-refractivity contribution >= 4 is 17.5 Å². The van der Waals surface area contributed by atoms with Crippen LogP contribution in [0.4, 0.5) is 5.69 Å². The zero-order valence-electron chi connectivity index (χ0n) is 14.3. The van der Waals surface area contributed by atoms with E-state index in [-0.39, 0.29) is 17.4 Å². The Kier molecular flexibility index (Phi) is 4.31. The van der Waals surface area contributed by atoms with E-state index in [4.69, 9.17) is 0 Å². The van der Waals surface area contributed by atoms with Crippen LogP contribution >= 0.6 is 0 Å². The summed E-state index contributed by atoms with van der Waals surface area (Å²) in [7, 11) is 3.43. The number of nitrogens with one attached hydrogen (secondary N) is 1. The highest BCUT2D eigenvalue weighted by Crippen LogP contribution is 2.20. The molecule has 2 aromatic rings. The van der Waals surface area contributed by atoms with Crippen LogP contribution in [0.1, 0.15) is 21.6 Å². The molecule has 0 unspecified atom stereocenters. The van der Waals surface area contributed by atoms with Gasteiger partial charge in [-0.2, -0.15) is 0 Å². The Morgan fingerprint density at radius 3 is 2.60 bits per heavy atom. The first-order chi connectivity index (χ1) is 11.9. The van der Waals surface area contributed by atoms with Gasteiger partial charge in [0, 0.05) is 37.5 Å². The van der Waals surface area contributed by atoms with Gasteiger partial charge in [0.05, 0.1) is 12.2 Å². The molecular formula is C18H20N4O3. The number of fused-ring (bicyclic) bond motifs is 1. The van der Waals surface area contributed by atoms with Crippen molar-refractivity contribution in [1.29, 1.82) is 0 Å². The van der Waals surface area contributed by atoms with Crippen LogP contribution in [0.2, 0.25) is 0 Å². The van der Waals surface area contributed by atoms with Crippen molar-refractivity contribution in [3.05, 3.63) is 64.1 Å². The molecule has 0 saturated heterocycles. The molecule has 1 aliphatic rings. The molecule has 2 heterocycles. The molecule has 7 heteroatoms. The Hall–Kier alpha value is -3.09. The second-order valence-corrected chi connectivity index (χ2v) is 6.05. The molecule has 25 heavy (non-hydrogen) atoms. The van der Waals surface area contributed by atoms with Crippen LogP contribution in [-0.2, 0) is 24.8 Å². The number of carbonyl (C=O) groups is 2. The van der Waals surface area contributed by atoms with E-state index in [9.17, 15) is 14.4 Å². The van der Waals surface area contributed by atoms with Crippen molar-refractivity contribution in [3.63, 3.8) is 0 Å². The fourth-order valence-electron chi connectivity index (χ4n) is 3.03. The van der Waals surface area contributed by atoms with E-state index in [1.165, 1.54) is 11.0 Å². The lowest BCUT2D eigenvalue weighted by Gasteiger charge is -2.27. The van der Waals surface area contributed by atoms with Crippen molar-refractivity contribution in [2.45, 2.75) is 13.0 Å². The van der Waals surface area contributed by atoms with Crippen LogP contribution in [0.5, 0.6) is 0 Å². The fraction of sp³-hybridized carbons (Fsp3) is 0.278. The molecule has 0 bridgehead atoms. The lowest BCUT2D eigenvalue weighted by Crippen LogP contribution is -2.37. The fourth-order valence-corrected chi connectivity index (χ4v) is 3.03. The first kappa shape index (κ1) is 16.8. The number of anilines is 1. The standard InChI is InChI=1S/C18H20N4O3/c1-4-16(23)20(2)13-7-5-12(6-8-13)18(25)22-10-9-14-15(11-22)21(3)19-17(14)24/h4-8H,1,9-11H2,2-3H3,(H,19,24). The highest BCUT2D eigenvalue weighted by Gasteiger charge is 2.26. The maximum Gasteiger partial charge on any atom is 0.267 e. The Morgan fingerprint density at radius 1 is 1.28 bits per heavy atom. The van der Waals surface area contributed by atoms with Gasteiger partial charge in [0.2, 0.25) is 5.91 Å². The highest BCUT2D eigenvalue weighted by atomic mass is 16.2. The Labute approximate surface area is 145 Å². The van der Waals surface area contributed by atoms with E-state index in [1.807, 2.05) is 0 Å². The van der Waals surface area contributed by atoms with Gasteiger partial charge in [-0.3, -0.25) is 24.2 Å². The number of carbonyl (C=O) groups excluding carboxylic acids is 2. The number of amides is 2. The number of H-pyrrole nitrogens is 1. The summed E-state index contributed by atoms with van der Waals surface area (Å²) < 4.78 is 1.68. The minimum Gasteiger partial charge on any atom is -0.332 e. The van der Waals surface area contributed by atoms with E-state index in [2.05, 4.69) is 11.7 Å². The van der Waals surface area contributed by atoms with Gasteiger partial charge in [-0.15, -0.1) is 0 Å². The van der Waals surface area contributed by atoms with Crippen LogP contribution in [0.25, 0.3) is 0 Å². The molecule has 1 N–H and O–H groups in total. The number of benzene rings is 1. The van der Waals surface area contributed by atoms with Gasteiger partial charge in [-0.25, -0.2) is 0 Å².